The molecule has 31 heavy (non-hydrogen) atoms. The van der Waals surface area contributed by atoms with E-state index in [9.17, 15) is 14.4 Å². The first-order chi connectivity index (χ1) is 14.7. The van der Waals surface area contributed by atoms with Crippen molar-refractivity contribution in [2.45, 2.75) is 39.2 Å². The van der Waals surface area contributed by atoms with Crippen LogP contribution >= 0.6 is 0 Å². The maximum atomic E-state index is 12.3. The van der Waals surface area contributed by atoms with Crippen molar-refractivity contribution in [1.82, 2.24) is 10.2 Å². The molecule has 4 rings (SSSR count). The van der Waals surface area contributed by atoms with Gasteiger partial charge in [0.15, 0.2) is 0 Å². The van der Waals surface area contributed by atoms with Gasteiger partial charge in [0, 0.05) is 31.4 Å². The molecular weight excluding hydrogens is 394 g/mol. The first kappa shape index (κ1) is 20.9. The highest BCUT2D eigenvalue weighted by atomic mass is 16.6. The molecule has 1 fully saturated rings. The number of hydrogen-bond acceptors (Lipinski definition) is 4. The van der Waals surface area contributed by atoms with E-state index in [-0.39, 0.29) is 18.0 Å². The molecule has 0 spiro atoms. The van der Waals surface area contributed by atoms with E-state index in [1.54, 1.807) is 9.80 Å². The van der Waals surface area contributed by atoms with Crippen LogP contribution in [0.2, 0.25) is 0 Å². The van der Waals surface area contributed by atoms with E-state index in [1.165, 1.54) is 5.57 Å². The molecule has 0 aromatic heterocycles. The van der Waals surface area contributed by atoms with E-state index >= 15 is 0 Å². The summed E-state index contributed by atoms with van der Waals surface area (Å²) in [6, 6.07) is 11.6. The Bertz CT molecular complexity index is 1080. The number of amides is 4. The fourth-order valence-electron chi connectivity index (χ4n) is 3.92. The lowest BCUT2D eigenvalue weighted by molar-refractivity contribution is -0.120. The molecule has 0 saturated carbocycles. The highest BCUT2D eigenvalue weighted by Gasteiger charge is 2.26. The zero-order valence-electron chi connectivity index (χ0n) is 18.1. The number of benzene rings is 2. The van der Waals surface area contributed by atoms with Crippen molar-refractivity contribution in [2.75, 3.05) is 24.5 Å². The monoisotopic (exact) mass is 421 g/mol. The number of urea groups is 1. The number of imide groups is 1. The second-order valence-electron chi connectivity index (χ2n) is 8.87. The van der Waals surface area contributed by atoms with Crippen LogP contribution in [-0.2, 0) is 9.53 Å². The number of carbonyl (C=O) groups excluding carboxylic acids is 3. The van der Waals surface area contributed by atoms with Gasteiger partial charge >= 0.3 is 12.1 Å². The fraction of sp³-hybridized carbons (Fsp3) is 0.375. The Hall–Kier alpha value is -3.35. The van der Waals surface area contributed by atoms with Gasteiger partial charge in [-0.2, -0.15) is 0 Å². The van der Waals surface area contributed by atoms with Crippen LogP contribution in [0.25, 0.3) is 16.3 Å². The molecule has 0 unspecified atom stereocenters. The maximum absolute atomic E-state index is 12.3. The van der Waals surface area contributed by atoms with Gasteiger partial charge < -0.3 is 9.64 Å². The van der Waals surface area contributed by atoms with E-state index in [0.717, 1.165) is 28.4 Å². The molecule has 2 aliphatic heterocycles. The van der Waals surface area contributed by atoms with Gasteiger partial charge in [0.25, 0.3) is 0 Å². The summed E-state index contributed by atoms with van der Waals surface area (Å²) in [4.78, 5) is 39.4. The van der Waals surface area contributed by atoms with Crippen LogP contribution in [0.15, 0.2) is 42.5 Å². The molecule has 1 N–H and O–H groups in total. The third-order valence-corrected chi connectivity index (χ3v) is 5.43. The molecule has 7 nitrogen and oxygen atoms in total. The van der Waals surface area contributed by atoms with E-state index in [1.807, 2.05) is 51.1 Å². The van der Waals surface area contributed by atoms with Gasteiger partial charge in [-0.3, -0.25) is 15.0 Å². The molecule has 2 aliphatic rings. The average molecular weight is 421 g/mol. The van der Waals surface area contributed by atoms with E-state index < -0.39 is 5.60 Å². The van der Waals surface area contributed by atoms with Crippen molar-refractivity contribution < 1.29 is 19.1 Å². The Balaban J connectivity index is 1.55. The molecule has 2 aromatic rings. The lowest BCUT2D eigenvalue weighted by Gasteiger charge is -2.30. The maximum Gasteiger partial charge on any atom is 0.410 e. The highest BCUT2D eigenvalue weighted by Crippen LogP contribution is 2.32. The SMILES string of the molecule is CC(C)(C)OC(=O)N1CC=C(c2ccc3c(N4CCC(=O)NC4=O)cccc3c2)CC1. The minimum Gasteiger partial charge on any atom is -0.444 e. The molecule has 0 aliphatic carbocycles. The van der Waals surface area contributed by atoms with Gasteiger partial charge in [-0.05, 0) is 55.8 Å². The van der Waals surface area contributed by atoms with Crippen LogP contribution in [0.1, 0.15) is 39.2 Å². The molecule has 1 saturated heterocycles. The summed E-state index contributed by atoms with van der Waals surface area (Å²) in [7, 11) is 0. The molecule has 0 radical (unpaired) electrons. The number of carbonyl (C=O) groups is 3. The van der Waals surface area contributed by atoms with E-state index in [2.05, 4.69) is 17.5 Å². The Morgan fingerprint density at radius 3 is 2.55 bits per heavy atom. The largest absolute Gasteiger partial charge is 0.444 e. The van der Waals surface area contributed by atoms with Crippen molar-refractivity contribution in [3.63, 3.8) is 0 Å². The van der Waals surface area contributed by atoms with Crippen LogP contribution in [-0.4, -0.2) is 48.2 Å². The number of rotatable bonds is 2. The van der Waals surface area contributed by atoms with Crippen LogP contribution in [0, 0.1) is 0 Å². The zero-order valence-corrected chi connectivity index (χ0v) is 18.1. The molecule has 2 heterocycles. The zero-order chi connectivity index (χ0) is 22.2. The number of nitrogens with zero attached hydrogens (tertiary/aromatic N) is 2. The Morgan fingerprint density at radius 2 is 1.87 bits per heavy atom. The number of nitrogens with one attached hydrogen (secondary N) is 1. The normalized spacial score (nSPS) is 17.5. The van der Waals surface area contributed by atoms with Crippen molar-refractivity contribution in [1.29, 1.82) is 0 Å². The lowest BCUT2D eigenvalue weighted by Crippen LogP contribution is -2.49. The van der Waals surface area contributed by atoms with E-state index in [0.29, 0.717) is 26.1 Å². The second-order valence-corrected chi connectivity index (χ2v) is 8.87. The van der Waals surface area contributed by atoms with Crippen molar-refractivity contribution >= 4 is 40.1 Å². The third-order valence-electron chi connectivity index (χ3n) is 5.43. The van der Waals surface area contributed by atoms with Gasteiger partial charge in [-0.25, -0.2) is 9.59 Å². The number of hydrogen-bond donors (Lipinski definition) is 1. The Morgan fingerprint density at radius 1 is 1.06 bits per heavy atom. The summed E-state index contributed by atoms with van der Waals surface area (Å²) in [6.07, 6.45) is 2.83. The second kappa shape index (κ2) is 8.06. The topological polar surface area (TPSA) is 79.0 Å². The third kappa shape index (κ3) is 4.55. The highest BCUT2D eigenvalue weighted by molar-refractivity contribution is 6.10. The van der Waals surface area contributed by atoms with Crippen LogP contribution in [0.3, 0.4) is 0 Å². The number of ether oxygens (including phenoxy) is 1. The summed E-state index contributed by atoms with van der Waals surface area (Å²) >= 11 is 0. The van der Waals surface area contributed by atoms with Crippen LogP contribution in [0.5, 0.6) is 0 Å². The Labute approximate surface area is 181 Å². The van der Waals surface area contributed by atoms with Crippen LogP contribution in [0.4, 0.5) is 15.3 Å². The standard InChI is InChI=1S/C24H27N3O4/c1-24(2,3)31-23(30)26-12-9-16(10-13-26)17-7-8-19-18(15-17)5-4-6-20(19)27-14-11-21(28)25-22(27)29/h4-9,15H,10-14H2,1-3H3,(H,25,28,29). The predicted molar refractivity (Wildman–Crippen MR) is 120 cm³/mol. The molecule has 2 aromatic carbocycles. The molecular formula is C24H27N3O4. The van der Waals surface area contributed by atoms with Crippen LogP contribution < -0.4 is 10.2 Å². The molecule has 0 atom stereocenters. The van der Waals surface area contributed by atoms with Gasteiger partial charge in [0.1, 0.15) is 5.60 Å². The smallest absolute Gasteiger partial charge is 0.410 e. The summed E-state index contributed by atoms with van der Waals surface area (Å²) < 4.78 is 5.46. The van der Waals surface area contributed by atoms with Crippen molar-refractivity contribution in [2.24, 2.45) is 0 Å². The summed E-state index contributed by atoms with van der Waals surface area (Å²) in [5, 5.41) is 4.36. The first-order valence-electron chi connectivity index (χ1n) is 10.5. The first-order valence-corrected chi connectivity index (χ1v) is 10.5. The quantitative estimate of drug-likeness (QED) is 0.784. The fourth-order valence-corrected chi connectivity index (χ4v) is 3.92. The lowest BCUT2D eigenvalue weighted by atomic mass is 9.96. The van der Waals surface area contributed by atoms with Crippen molar-refractivity contribution in [3.05, 3.63) is 48.0 Å². The molecule has 4 amide bonds. The average Bonchev–Trinajstić information content (AvgIpc) is 2.72. The van der Waals surface area contributed by atoms with Gasteiger partial charge in [-0.15, -0.1) is 0 Å². The summed E-state index contributed by atoms with van der Waals surface area (Å²) in [5.41, 5.74) is 2.58. The Kier molecular flexibility index (Phi) is 5.43. The van der Waals surface area contributed by atoms with Gasteiger partial charge in [-0.1, -0.05) is 30.3 Å². The predicted octanol–water partition coefficient (Wildman–Crippen LogP) is 4.31. The van der Waals surface area contributed by atoms with Gasteiger partial charge in [0.2, 0.25) is 5.91 Å². The number of anilines is 1. The van der Waals surface area contributed by atoms with E-state index in [4.69, 9.17) is 4.74 Å². The van der Waals surface area contributed by atoms with Gasteiger partial charge in [0.05, 0.1) is 5.69 Å². The summed E-state index contributed by atoms with van der Waals surface area (Å²) in [6.45, 7) is 7.10. The summed E-state index contributed by atoms with van der Waals surface area (Å²) in [5.74, 6) is -0.242. The molecule has 162 valence electrons. The minimum absolute atomic E-state index is 0.242. The molecule has 0 bridgehead atoms. The number of fused-ring (bicyclic) bond motifs is 1. The van der Waals surface area contributed by atoms with Crippen molar-refractivity contribution in [3.8, 4) is 0 Å². The molecule has 7 heteroatoms. The minimum atomic E-state index is -0.504.